The standard InChI is InChI=1S/C18H25NO2/c1-13(2)12-19-8-6-18(20,7-9-19)17-11-15-10-14(3)4-5-16(15)21-17/h4-5,10-11,13,20H,6-9,12H2,1-3H3. The molecule has 2 heterocycles. The molecule has 0 spiro atoms. The maximum Gasteiger partial charge on any atom is 0.136 e. The molecule has 0 unspecified atom stereocenters. The molecule has 0 bridgehead atoms. The van der Waals surface area contributed by atoms with E-state index in [1.807, 2.05) is 18.2 Å². The highest BCUT2D eigenvalue weighted by Gasteiger charge is 2.37. The average Bonchev–Trinajstić information content (AvgIpc) is 2.85. The number of likely N-dealkylation sites (tertiary alicyclic amines) is 1. The molecule has 1 aliphatic rings. The Morgan fingerprint density at radius 3 is 2.62 bits per heavy atom. The van der Waals surface area contributed by atoms with Gasteiger partial charge in [-0.1, -0.05) is 25.5 Å². The SMILES string of the molecule is Cc1ccc2oc(C3(O)CCN(CC(C)C)CC3)cc2c1. The molecule has 3 heteroatoms. The first-order chi connectivity index (χ1) is 9.96. The molecule has 1 saturated heterocycles. The van der Waals surface area contributed by atoms with Crippen LogP contribution < -0.4 is 0 Å². The van der Waals surface area contributed by atoms with Crippen LogP contribution >= 0.6 is 0 Å². The fourth-order valence-electron chi connectivity index (χ4n) is 3.26. The number of hydrogen-bond acceptors (Lipinski definition) is 3. The number of nitrogens with zero attached hydrogens (tertiary/aromatic N) is 1. The smallest absolute Gasteiger partial charge is 0.136 e. The van der Waals surface area contributed by atoms with Crippen molar-refractivity contribution in [1.29, 1.82) is 0 Å². The Hall–Kier alpha value is -1.32. The van der Waals surface area contributed by atoms with Gasteiger partial charge in [-0.3, -0.25) is 0 Å². The molecule has 0 saturated carbocycles. The van der Waals surface area contributed by atoms with Gasteiger partial charge in [-0.15, -0.1) is 0 Å². The van der Waals surface area contributed by atoms with Crippen LogP contribution in [0.3, 0.4) is 0 Å². The van der Waals surface area contributed by atoms with Crippen LogP contribution in [0.2, 0.25) is 0 Å². The number of fused-ring (bicyclic) bond motifs is 1. The lowest BCUT2D eigenvalue weighted by atomic mass is 9.88. The van der Waals surface area contributed by atoms with Crippen LogP contribution in [0.5, 0.6) is 0 Å². The van der Waals surface area contributed by atoms with Gasteiger partial charge in [0, 0.05) is 25.0 Å². The Balaban J connectivity index is 1.79. The third kappa shape index (κ3) is 2.99. The lowest BCUT2D eigenvalue weighted by molar-refractivity contribution is -0.0427. The Labute approximate surface area is 126 Å². The highest BCUT2D eigenvalue weighted by atomic mass is 16.4. The van der Waals surface area contributed by atoms with Crippen molar-refractivity contribution in [2.75, 3.05) is 19.6 Å². The maximum absolute atomic E-state index is 10.9. The van der Waals surface area contributed by atoms with Gasteiger partial charge < -0.3 is 14.4 Å². The molecule has 0 aliphatic carbocycles. The predicted octanol–water partition coefficient (Wildman–Crippen LogP) is 3.68. The van der Waals surface area contributed by atoms with E-state index >= 15 is 0 Å². The third-order valence-electron chi connectivity index (χ3n) is 4.44. The van der Waals surface area contributed by atoms with Gasteiger partial charge in [0.1, 0.15) is 16.9 Å². The summed E-state index contributed by atoms with van der Waals surface area (Å²) in [5.74, 6) is 1.40. The quantitative estimate of drug-likeness (QED) is 0.935. The molecule has 21 heavy (non-hydrogen) atoms. The summed E-state index contributed by atoms with van der Waals surface area (Å²) in [6, 6.07) is 8.16. The van der Waals surface area contributed by atoms with E-state index in [1.165, 1.54) is 5.56 Å². The highest BCUT2D eigenvalue weighted by molar-refractivity contribution is 5.78. The molecular formula is C18H25NO2. The van der Waals surface area contributed by atoms with E-state index in [4.69, 9.17) is 4.42 Å². The van der Waals surface area contributed by atoms with Crippen molar-refractivity contribution in [2.24, 2.45) is 5.92 Å². The second kappa shape index (κ2) is 5.47. The zero-order valence-corrected chi connectivity index (χ0v) is 13.2. The van der Waals surface area contributed by atoms with Crippen LogP contribution in [0.4, 0.5) is 0 Å². The van der Waals surface area contributed by atoms with Crippen LogP contribution in [0.1, 0.15) is 38.0 Å². The number of aryl methyl sites for hydroxylation is 1. The van der Waals surface area contributed by atoms with E-state index in [-0.39, 0.29) is 0 Å². The number of piperidine rings is 1. The summed E-state index contributed by atoms with van der Waals surface area (Å²) in [5.41, 5.74) is 1.28. The third-order valence-corrected chi connectivity index (χ3v) is 4.44. The topological polar surface area (TPSA) is 36.6 Å². The summed E-state index contributed by atoms with van der Waals surface area (Å²) in [6.45, 7) is 9.53. The number of rotatable bonds is 3. The van der Waals surface area contributed by atoms with E-state index in [0.717, 1.165) is 49.2 Å². The Morgan fingerprint density at radius 2 is 1.95 bits per heavy atom. The minimum Gasteiger partial charge on any atom is -0.458 e. The van der Waals surface area contributed by atoms with E-state index < -0.39 is 5.60 Å². The number of aliphatic hydroxyl groups is 1. The van der Waals surface area contributed by atoms with Gasteiger partial charge in [0.2, 0.25) is 0 Å². The van der Waals surface area contributed by atoms with Gasteiger partial charge in [-0.05, 0) is 43.9 Å². The Kier molecular flexibility index (Phi) is 3.80. The molecule has 3 rings (SSSR count). The molecule has 1 N–H and O–H groups in total. The summed E-state index contributed by atoms with van der Waals surface area (Å²) in [5, 5.41) is 12.0. The number of furan rings is 1. The fourth-order valence-corrected chi connectivity index (χ4v) is 3.26. The normalized spacial score (nSPS) is 19.5. The van der Waals surface area contributed by atoms with Gasteiger partial charge in [0.15, 0.2) is 0 Å². The minimum absolute atomic E-state index is 0.672. The summed E-state index contributed by atoms with van der Waals surface area (Å²) < 4.78 is 5.91. The Morgan fingerprint density at radius 1 is 1.24 bits per heavy atom. The average molecular weight is 287 g/mol. The first kappa shape index (κ1) is 14.6. The molecule has 0 amide bonds. The van der Waals surface area contributed by atoms with Crippen LogP contribution in [-0.4, -0.2) is 29.6 Å². The number of hydrogen-bond donors (Lipinski definition) is 1. The monoisotopic (exact) mass is 287 g/mol. The van der Waals surface area contributed by atoms with E-state index in [9.17, 15) is 5.11 Å². The molecule has 1 aromatic carbocycles. The molecular weight excluding hydrogens is 262 g/mol. The van der Waals surface area contributed by atoms with Crippen molar-refractivity contribution < 1.29 is 9.52 Å². The molecule has 1 aromatic heterocycles. The zero-order valence-electron chi connectivity index (χ0n) is 13.2. The van der Waals surface area contributed by atoms with Crippen molar-refractivity contribution in [3.8, 4) is 0 Å². The van der Waals surface area contributed by atoms with Crippen molar-refractivity contribution in [3.05, 3.63) is 35.6 Å². The molecule has 114 valence electrons. The van der Waals surface area contributed by atoms with E-state index in [2.05, 4.69) is 31.7 Å². The van der Waals surface area contributed by atoms with Crippen LogP contribution in [0, 0.1) is 12.8 Å². The van der Waals surface area contributed by atoms with Gasteiger partial charge in [-0.25, -0.2) is 0 Å². The van der Waals surface area contributed by atoms with Crippen molar-refractivity contribution in [1.82, 2.24) is 4.90 Å². The van der Waals surface area contributed by atoms with Crippen LogP contribution in [0.25, 0.3) is 11.0 Å². The van der Waals surface area contributed by atoms with E-state index in [1.54, 1.807) is 0 Å². The second-order valence-electron chi connectivity index (χ2n) is 6.88. The summed E-state index contributed by atoms with van der Waals surface area (Å²) >= 11 is 0. The fraction of sp³-hybridized carbons (Fsp3) is 0.556. The number of benzene rings is 1. The molecule has 1 aliphatic heterocycles. The van der Waals surface area contributed by atoms with Gasteiger partial charge in [0.25, 0.3) is 0 Å². The summed E-state index contributed by atoms with van der Waals surface area (Å²) in [6.07, 6.45) is 1.50. The largest absolute Gasteiger partial charge is 0.458 e. The van der Waals surface area contributed by atoms with Crippen molar-refractivity contribution in [3.63, 3.8) is 0 Å². The first-order valence-corrected chi connectivity index (χ1v) is 7.92. The predicted molar refractivity (Wildman–Crippen MR) is 85.4 cm³/mol. The zero-order chi connectivity index (χ0) is 15.0. The maximum atomic E-state index is 10.9. The first-order valence-electron chi connectivity index (χ1n) is 7.92. The Bertz CT molecular complexity index is 621. The lowest BCUT2D eigenvalue weighted by Crippen LogP contribution is -2.43. The molecule has 0 radical (unpaired) electrons. The molecule has 1 fully saturated rings. The lowest BCUT2D eigenvalue weighted by Gasteiger charge is -2.37. The second-order valence-corrected chi connectivity index (χ2v) is 6.88. The molecule has 0 atom stereocenters. The van der Waals surface area contributed by atoms with Crippen molar-refractivity contribution >= 4 is 11.0 Å². The van der Waals surface area contributed by atoms with Gasteiger partial charge >= 0.3 is 0 Å². The van der Waals surface area contributed by atoms with Gasteiger partial charge in [0.05, 0.1) is 0 Å². The minimum atomic E-state index is -0.805. The van der Waals surface area contributed by atoms with Crippen LogP contribution in [-0.2, 0) is 5.60 Å². The van der Waals surface area contributed by atoms with Gasteiger partial charge in [-0.2, -0.15) is 0 Å². The summed E-state index contributed by atoms with van der Waals surface area (Å²) in [4.78, 5) is 2.44. The highest BCUT2D eigenvalue weighted by Crippen LogP contribution is 2.36. The van der Waals surface area contributed by atoms with Crippen LogP contribution in [0.15, 0.2) is 28.7 Å². The molecule has 2 aromatic rings. The van der Waals surface area contributed by atoms with E-state index in [0.29, 0.717) is 5.92 Å². The molecule has 3 nitrogen and oxygen atoms in total. The summed E-state index contributed by atoms with van der Waals surface area (Å²) in [7, 11) is 0. The van der Waals surface area contributed by atoms with Crippen molar-refractivity contribution in [2.45, 2.75) is 39.2 Å².